The minimum Gasteiger partial charge on any atom is -0.332 e. The molecular weight excluding hydrogens is 349 g/mol. The summed E-state index contributed by atoms with van der Waals surface area (Å²) in [5.74, 6) is 0. The van der Waals surface area contributed by atoms with Gasteiger partial charge in [0.15, 0.2) is 5.11 Å². The van der Waals surface area contributed by atoms with Crippen molar-refractivity contribution in [3.05, 3.63) is 24.3 Å². The van der Waals surface area contributed by atoms with Crippen molar-refractivity contribution in [2.24, 2.45) is 5.14 Å². The molecule has 5 nitrogen and oxygen atoms in total. The van der Waals surface area contributed by atoms with Gasteiger partial charge in [-0.15, -0.1) is 0 Å². The quantitative estimate of drug-likeness (QED) is 0.417. The van der Waals surface area contributed by atoms with Gasteiger partial charge in [0.1, 0.15) is 0 Å². The molecule has 0 saturated carbocycles. The predicted molar refractivity (Wildman–Crippen MR) is 71.2 cm³/mol. The van der Waals surface area contributed by atoms with E-state index in [-0.39, 0.29) is 4.90 Å². The van der Waals surface area contributed by atoms with Crippen molar-refractivity contribution in [2.75, 3.05) is 5.32 Å². The summed E-state index contributed by atoms with van der Waals surface area (Å²) < 4.78 is 24.6. The lowest BCUT2D eigenvalue weighted by Gasteiger charge is -2.06. The topological polar surface area (TPSA) is 84.2 Å². The Hall–Kier alpha value is -0.450. The molecule has 0 bridgehead atoms. The molecule has 4 N–H and O–H groups in total. The Kier molecular flexibility index (Phi) is 4.25. The minimum absolute atomic E-state index is 0.0707. The van der Waals surface area contributed by atoms with Crippen LogP contribution in [0.15, 0.2) is 29.2 Å². The van der Waals surface area contributed by atoms with E-state index in [1.165, 1.54) is 12.1 Å². The first kappa shape index (κ1) is 12.6. The van der Waals surface area contributed by atoms with Crippen LogP contribution in [0.1, 0.15) is 0 Å². The average molecular weight is 357 g/mol. The van der Waals surface area contributed by atoms with Gasteiger partial charge < -0.3 is 8.85 Å². The summed E-state index contributed by atoms with van der Waals surface area (Å²) in [4.78, 5) is 0.0707. The molecule has 0 radical (unpaired) electrons. The lowest BCUT2D eigenvalue weighted by Crippen LogP contribution is -2.19. The Morgan fingerprint density at radius 1 is 1.33 bits per heavy atom. The smallest absolute Gasteiger partial charge is 0.238 e. The van der Waals surface area contributed by atoms with Crippen LogP contribution in [0.5, 0.6) is 0 Å². The maximum Gasteiger partial charge on any atom is 0.238 e. The van der Waals surface area contributed by atoms with Crippen molar-refractivity contribution < 1.29 is 8.42 Å². The monoisotopic (exact) mass is 357 g/mol. The standard InChI is InChI=1S/C7H8IN3O2S2/c8-11-7(14)10-5-1-3-6(4-2-5)15(9,12)13/h1-4H,(H2,9,12,13)(H2,10,11,14). The average Bonchev–Trinajstić information content (AvgIpc) is 2.17. The highest BCUT2D eigenvalue weighted by Gasteiger charge is 2.06. The molecule has 15 heavy (non-hydrogen) atoms. The van der Waals surface area contributed by atoms with Crippen molar-refractivity contribution in [1.82, 2.24) is 3.53 Å². The van der Waals surface area contributed by atoms with Crippen LogP contribution in [-0.2, 0) is 10.0 Å². The minimum atomic E-state index is -3.63. The molecule has 82 valence electrons. The summed E-state index contributed by atoms with van der Waals surface area (Å²) in [6, 6.07) is 5.99. The van der Waals surface area contributed by atoms with Gasteiger partial charge in [0.25, 0.3) is 0 Å². The van der Waals surface area contributed by atoms with E-state index in [2.05, 4.69) is 8.85 Å². The van der Waals surface area contributed by atoms with Crippen molar-refractivity contribution in [3.8, 4) is 0 Å². The lowest BCUT2D eigenvalue weighted by molar-refractivity contribution is 0.598. The molecule has 0 spiro atoms. The Balaban J connectivity index is 2.86. The second-order valence-corrected chi connectivity index (χ2v) is 5.13. The fourth-order valence-electron chi connectivity index (χ4n) is 0.883. The van der Waals surface area contributed by atoms with Crippen LogP contribution in [-0.4, -0.2) is 13.5 Å². The number of primary sulfonamides is 1. The first-order chi connectivity index (χ1) is 6.93. The van der Waals surface area contributed by atoms with Gasteiger partial charge in [-0.3, -0.25) is 0 Å². The Morgan fingerprint density at radius 2 is 1.87 bits per heavy atom. The number of benzene rings is 1. The highest BCUT2D eigenvalue weighted by molar-refractivity contribution is 14.1. The maximum absolute atomic E-state index is 10.9. The van der Waals surface area contributed by atoms with Gasteiger partial charge >= 0.3 is 0 Å². The number of rotatable bonds is 2. The molecule has 0 aliphatic heterocycles. The molecule has 0 atom stereocenters. The number of nitrogens with two attached hydrogens (primary N) is 1. The molecule has 0 aliphatic carbocycles. The highest BCUT2D eigenvalue weighted by atomic mass is 127. The third-order valence-corrected chi connectivity index (χ3v) is 3.57. The van der Waals surface area contributed by atoms with E-state index in [0.29, 0.717) is 10.8 Å². The van der Waals surface area contributed by atoms with Crippen LogP contribution < -0.4 is 14.0 Å². The zero-order valence-corrected chi connectivity index (χ0v) is 11.2. The van der Waals surface area contributed by atoms with Crippen LogP contribution in [0.4, 0.5) is 5.69 Å². The fraction of sp³-hybridized carbons (Fsp3) is 0. The zero-order valence-electron chi connectivity index (χ0n) is 7.40. The number of anilines is 1. The third-order valence-electron chi connectivity index (χ3n) is 1.53. The maximum atomic E-state index is 10.9. The second kappa shape index (κ2) is 5.05. The number of halogens is 1. The van der Waals surface area contributed by atoms with E-state index in [4.69, 9.17) is 17.4 Å². The largest absolute Gasteiger partial charge is 0.332 e. The number of hydrogen-bond donors (Lipinski definition) is 3. The van der Waals surface area contributed by atoms with Gasteiger partial charge in [0.2, 0.25) is 10.0 Å². The van der Waals surface area contributed by atoms with Gasteiger partial charge in [0, 0.05) is 5.69 Å². The van der Waals surface area contributed by atoms with Crippen molar-refractivity contribution in [2.45, 2.75) is 4.90 Å². The van der Waals surface area contributed by atoms with Crippen LogP contribution in [0.3, 0.4) is 0 Å². The molecule has 0 aliphatic rings. The molecule has 1 aromatic carbocycles. The van der Waals surface area contributed by atoms with E-state index >= 15 is 0 Å². The summed E-state index contributed by atoms with van der Waals surface area (Å²) >= 11 is 6.76. The highest BCUT2D eigenvalue weighted by Crippen LogP contribution is 2.12. The summed E-state index contributed by atoms with van der Waals surface area (Å²) in [5.41, 5.74) is 0.691. The SMILES string of the molecule is NS(=O)(=O)c1ccc(NC(=S)NI)cc1. The lowest BCUT2D eigenvalue weighted by atomic mass is 10.3. The molecule has 1 rings (SSSR count). The summed E-state index contributed by atoms with van der Waals surface area (Å²) in [6.45, 7) is 0. The number of sulfonamides is 1. The molecule has 0 heterocycles. The normalized spacial score (nSPS) is 10.8. The molecule has 1 aromatic rings. The Bertz CT molecular complexity index is 458. The van der Waals surface area contributed by atoms with Gasteiger partial charge in [-0.1, -0.05) is 0 Å². The van der Waals surface area contributed by atoms with E-state index in [1.807, 2.05) is 22.9 Å². The van der Waals surface area contributed by atoms with E-state index in [0.717, 1.165) is 0 Å². The molecule has 0 amide bonds. The first-order valence-corrected chi connectivity index (χ1v) is 6.77. The zero-order chi connectivity index (χ0) is 11.5. The molecule has 0 fully saturated rings. The predicted octanol–water partition coefficient (Wildman–Crippen LogP) is 0.970. The van der Waals surface area contributed by atoms with E-state index in [9.17, 15) is 8.42 Å². The number of nitrogens with one attached hydrogen (secondary N) is 2. The van der Waals surface area contributed by atoms with Gasteiger partial charge in [-0.05, 0) is 36.5 Å². The van der Waals surface area contributed by atoms with E-state index in [1.54, 1.807) is 12.1 Å². The van der Waals surface area contributed by atoms with Crippen LogP contribution in [0, 0.1) is 0 Å². The summed E-state index contributed by atoms with van der Waals surface area (Å²) in [7, 11) is -3.63. The Labute approximate surface area is 107 Å². The fourth-order valence-corrected chi connectivity index (χ4v) is 1.65. The molecule has 8 heteroatoms. The van der Waals surface area contributed by atoms with Gasteiger partial charge in [-0.25, -0.2) is 13.6 Å². The molecule has 0 saturated heterocycles. The first-order valence-electron chi connectivity index (χ1n) is 3.74. The molecule has 0 aromatic heterocycles. The Morgan fingerprint density at radius 3 is 2.27 bits per heavy atom. The van der Waals surface area contributed by atoms with Crippen molar-refractivity contribution >= 4 is 55.9 Å². The molecular formula is C7H8IN3O2S2. The van der Waals surface area contributed by atoms with Gasteiger partial charge in [-0.2, -0.15) is 0 Å². The summed E-state index contributed by atoms with van der Waals surface area (Å²) in [5, 5.41) is 8.24. The summed E-state index contributed by atoms with van der Waals surface area (Å²) in [6.07, 6.45) is 0. The second-order valence-electron chi connectivity index (χ2n) is 2.62. The van der Waals surface area contributed by atoms with Crippen molar-refractivity contribution in [3.63, 3.8) is 0 Å². The third kappa shape index (κ3) is 3.89. The van der Waals surface area contributed by atoms with E-state index < -0.39 is 10.0 Å². The number of hydrogen-bond acceptors (Lipinski definition) is 3. The van der Waals surface area contributed by atoms with Crippen LogP contribution in [0.25, 0.3) is 0 Å². The molecule has 0 unspecified atom stereocenters. The van der Waals surface area contributed by atoms with Gasteiger partial charge in [0.05, 0.1) is 27.8 Å². The van der Waals surface area contributed by atoms with Crippen molar-refractivity contribution in [1.29, 1.82) is 0 Å². The van der Waals surface area contributed by atoms with Crippen LogP contribution >= 0.6 is 35.1 Å². The van der Waals surface area contributed by atoms with Crippen LogP contribution in [0.2, 0.25) is 0 Å². The number of thiocarbonyl (C=S) groups is 1.